The first kappa shape index (κ1) is 26.9. The van der Waals surface area contributed by atoms with Crippen molar-refractivity contribution in [1.29, 1.82) is 0 Å². The zero-order valence-corrected chi connectivity index (χ0v) is 20.8. The van der Waals surface area contributed by atoms with Crippen LogP contribution in [0.3, 0.4) is 0 Å². The number of carbonyl (C=O) groups is 1. The molecule has 2 aromatic carbocycles. The van der Waals surface area contributed by atoms with Gasteiger partial charge in [-0.15, -0.1) is 11.6 Å². The second kappa shape index (κ2) is 12.2. The molecule has 0 aromatic heterocycles. The smallest absolute Gasteiger partial charge is 0.421 e. The number of anilines is 2. The van der Waals surface area contributed by atoms with E-state index < -0.39 is 16.1 Å². The maximum atomic E-state index is 11.5. The molecule has 0 spiro atoms. The number of rotatable bonds is 12. The molecule has 0 atom stereocenters. The summed E-state index contributed by atoms with van der Waals surface area (Å²) in [7, 11) is -3.92. The monoisotopic (exact) mass is 536 g/mol. The number of benzene rings is 2. The largest absolute Gasteiger partial charge is 0.490 e. The van der Waals surface area contributed by atoms with Crippen molar-refractivity contribution < 1.29 is 27.8 Å². The molecule has 0 bridgehead atoms. The van der Waals surface area contributed by atoms with Crippen LogP contribution < -0.4 is 14.8 Å². The molecule has 2 aromatic rings. The summed E-state index contributed by atoms with van der Waals surface area (Å²) >= 11 is 18.2. The Hall–Kier alpha value is -2.33. The molecular weight excluding hydrogens is 515 g/mol. The van der Waals surface area contributed by atoms with E-state index in [4.69, 9.17) is 49.4 Å². The minimum Gasteiger partial charge on any atom is -0.490 e. The van der Waals surface area contributed by atoms with Crippen molar-refractivity contribution >= 4 is 62.3 Å². The molecule has 180 valence electrons. The third kappa shape index (κ3) is 8.51. The van der Waals surface area contributed by atoms with Crippen LogP contribution in [-0.2, 0) is 10.0 Å². The molecule has 0 saturated heterocycles. The summed E-state index contributed by atoms with van der Waals surface area (Å²) in [5.41, 5.74) is 1.67. The fourth-order valence-corrected chi connectivity index (χ4v) is 3.97. The maximum Gasteiger partial charge on any atom is 0.421 e. The van der Waals surface area contributed by atoms with E-state index in [9.17, 15) is 13.2 Å². The van der Waals surface area contributed by atoms with Gasteiger partial charge in [-0.2, -0.15) is 0 Å². The van der Waals surface area contributed by atoms with Crippen LogP contribution in [0.15, 0.2) is 48.6 Å². The van der Waals surface area contributed by atoms with Crippen molar-refractivity contribution in [3.8, 4) is 11.5 Å². The molecule has 0 aliphatic carbocycles. The highest BCUT2D eigenvalue weighted by Gasteiger charge is 2.23. The zero-order chi connectivity index (χ0) is 24.6. The minimum absolute atomic E-state index is 0.0531. The molecular formula is C21H23Cl3N2O6S. The van der Waals surface area contributed by atoms with E-state index in [0.717, 1.165) is 11.9 Å². The van der Waals surface area contributed by atoms with Crippen LogP contribution in [-0.4, -0.2) is 55.8 Å². The first-order chi connectivity index (χ1) is 15.5. The number of carboxylic acid groups (broad SMARTS) is 1. The summed E-state index contributed by atoms with van der Waals surface area (Å²) in [5, 5.41) is 12.9. The van der Waals surface area contributed by atoms with E-state index >= 15 is 0 Å². The lowest BCUT2D eigenvalue weighted by Crippen LogP contribution is -2.37. The number of hydrogen-bond donors (Lipinski definition) is 2. The molecule has 2 N–H and O–H groups in total. The number of alkyl halides is 1. The second-order valence-corrected chi connectivity index (χ2v) is 10.00. The van der Waals surface area contributed by atoms with Gasteiger partial charge in [-0.25, -0.2) is 17.5 Å². The highest BCUT2D eigenvalue weighted by atomic mass is 35.5. The third-order valence-corrected chi connectivity index (χ3v) is 6.00. The Balaban J connectivity index is 1.95. The van der Waals surface area contributed by atoms with E-state index in [1.54, 1.807) is 36.4 Å². The molecule has 0 saturated carbocycles. The van der Waals surface area contributed by atoms with Crippen LogP contribution in [0, 0.1) is 0 Å². The molecule has 33 heavy (non-hydrogen) atoms. The topological polar surface area (TPSA) is 105 Å². The Bertz CT molecular complexity index is 1070. The van der Waals surface area contributed by atoms with Gasteiger partial charge in [0.25, 0.3) is 0 Å². The number of sulfonamides is 1. The van der Waals surface area contributed by atoms with Gasteiger partial charge >= 0.3 is 6.09 Å². The van der Waals surface area contributed by atoms with Gasteiger partial charge in [-0.1, -0.05) is 29.8 Å². The summed E-state index contributed by atoms with van der Waals surface area (Å²) in [6.07, 6.45) is -0.0983. The zero-order valence-electron chi connectivity index (χ0n) is 17.7. The number of halogens is 3. The van der Waals surface area contributed by atoms with Crippen LogP contribution in [0.1, 0.15) is 6.42 Å². The van der Waals surface area contributed by atoms with Crippen molar-refractivity contribution in [3.05, 3.63) is 58.6 Å². The fourth-order valence-electron chi connectivity index (χ4n) is 2.56. The van der Waals surface area contributed by atoms with Crippen molar-refractivity contribution in [2.75, 3.05) is 37.2 Å². The van der Waals surface area contributed by atoms with Crippen LogP contribution in [0.4, 0.5) is 16.2 Å². The standard InChI is InChI=1S/C21H23Cl3N2O6S/c1-14(12-26(21(27)28)33(2,29)30)13-32-17-6-4-15(5-7-17)25-16-10-18(23)20(19(24)11-16)31-9-3-8-22/h4-7,10-11,25H,1,3,8-9,12-13H2,2H3,(H,27,28). The Morgan fingerprint density at radius 2 is 1.73 bits per heavy atom. The molecule has 0 heterocycles. The minimum atomic E-state index is -3.92. The van der Waals surface area contributed by atoms with E-state index in [1.165, 1.54) is 0 Å². The van der Waals surface area contributed by atoms with Crippen molar-refractivity contribution in [1.82, 2.24) is 4.31 Å². The SMILES string of the molecule is C=C(COc1ccc(Nc2cc(Cl)c(OCCCCl)c(Cl)c2)cc1)CN(C(=O)O)S(C)(=O)=O. The Morgan fingerprint density at radius 1 is 1.12 bits per heavy atom. The first-order valence-electron chi connectivity index (χ1n) is 9.56. The van der Waals surface area contributed by atoms with Gasteiger partial charge in [-0.3, -0.25) is 0 Å². The molecule has 0 aliphatic rings. The molecule has 0 unspecified atom stereocenters. The molecule has 8 nitrogen and oxygen atoms in total. The van der Waals surface area contributed by atoms with Crippen molar-refractivity contribution in [2.45, 2.75) is 6.42 Å². The lowest BCUT2D eigenvalue weighted by Gasteiger charge is -2.18. The van der Waals surface area contributed by atoms with E-state index in [1.807, 2.05) is 0 Å². The molecule has 0 radical (unpaired) electrons. The van der Waals surface area contributed by atoms with Crippen molar-refractivity contribution in [2.24, 2.45) is 0 Å². The highest BCUT2D eigenvalue weighted by molar-refractivity contribution is 7.88. The predicted octanol–water partition coefficient (Wildman–Crippen LogP) is 5.62. The van der Waals surface area contributed by atoms with Crippen LogP contribution in [0.2, 0.25) is 10.0 Å². The van der Waals surface area contributed by atoms with E-state index in [2.05, 4.69) is 11.9 Å². The van der Waals surface area contributed by atoms with Gasteiger partial charge in [0.05, 0.1) is 29.5 Å². The number of nitrogens with one attached hydrogen (secondary N) is 1. The predicted molar refractivity (Wildman–Crippen MR) is 131 cm³/mol. The summed E-state index contributed by atoms with van der Waals surface area (Å²) in [5.74, 6) is 1.36. The summed E-state index contributed by atoms with van der Waals surface area (Å²) in [6.45, 7) is 3.65. The highest BCUT2D eigenvalue weighted by Crippen LogP contribution is 2.37. The van der Waals surface area contributed by atoms with Crippen LogP contribution >= 0.6 is 34.8 Å². The Kier molecular flexibility index (Phi) is 9.97. The molecule has 0 aliphatic heterocycles. The fraction of sp³-hybridized carbons (Fsp3) is 0.286. The number of ether oxygens (including phenoxy) is 2. The second-order valence-electron chi connectivity index (χ2n) is 6.90. The Morgan fingerprint density at radius 3 is 2.24 bits per heavy atom. The van der Waals surface area contributed by atoms with Gasteiger partial charge in [0.1, 0.15) is 12.4 Å². The van der Waals surface area contributed by atoms with Gasteiger partial charge < -0.3 is 19.9 Å². The molecule has 12 heteroatoms. The quantitative estimate of drug-likeness (QED) is 0.206. The molecule has 1 amide bonds. The van der Waals surface area contributed by atoms with E-state index in [0.29, 0.717) is 50.4 Å². The van der Waals surface area contributed by atoms with Gasteiger partial charge in [0.2, 0.25) is 10.0 Å². The summed E-state index contributed by atoms with van der Waals surface area (Å²) in [4.78, 5) is 11.1. The van der Waals surface area contributed by atoms with Gasteiger partial charge in [-0.05, 0) is 48.4 Å². The summed E-state index contributed by atoms with van der Waals surface area (Å²) < 4.78 is 34.5. The average Bonchev–Trinajstić information content (AvgIpc) is 2.72. The number of nitrogens with zero attached hydrogens (tertiary/aromatic N) is 1. The lowest BCUT2D eigenvalue weighted by atomic mass is 10.2. The number of amides is 1. The van der Waals surface area contributed by atoms with Gasteiger partial charge in [0.15, 0.2) is 5.75 Å². The molecule has 0 fully saturated rings. The van der Waals surface area contributed by atoms with E-state index in [-0.39, 0.29) is 18.7 Å². The molecule has 2 rings (SSSR count). The lowest BCUT2D eigenvalue weighted by molar-refractivity contribution is 0.174. The van der Waals surface area contributed by atoms with Gasteiger partial charge in [0, 0.05) is 17.3 Å². The maximum absolute atomic E-state index is 11.5. The van der Waals surface area contributed by atoms with Crippen molar-refractivity contribution in [3.63, 3.8) is 0 Å². The number of hydrogen-bond acceptors (Lipinski definition) is 6. The first-order valence-corrected chi connectivity index (χ1v) is 12.7. The van der Waals surface area contributed by atoms with Crippen LogP contribution in [0.5, 0.6) is 11.5 Å². The third-order valence-electron chi connectivity index (χ3n) is 4.09. The van der Waals surface area contributed by atoms with Crippen LogP contribution in [0.25, 0.3) is 0 Å². The summed E-state index contributed by atoms with van der Waals surface area (Å²) in [6, 6.07) is 10.3. The Labute approximate surface area is 207 Å². The average molecular weight is 538 g/mol. The normalized spacial score (nSPS) is 11.0.